The van der Waals surface area contributed by atoms with Crippen molar-refractivity contribution in [2.24, 2.45) is 41.2 Å². The van der Waals surface area contributed by atoms with Crippen molar-refractivity contribution in [3.8, 4) is 11.5 Å². The van der Waals surface area contributed by atoms with Gasteiger partial charge in [0.05, 0.1) is 66.6 Å². The van der Waals surface area contributed by atoms with Crippen LogP contribution in [0, 0.1) is 42.4 Å². The number of rotatable bonds is 17. The van der Waals surface area contributed by atoms with Gasteiger partial charge in [-0.25, -0.2) is 4.79 Å². The van der Waals surface area contributed by atoms with Gasteiger partial charge in [0.25, 0.3) is 23.5 Å². The number of carbonyl (C=O) groups excluding carboxylic acids is 14. The monoisotopic (exact) mass is 1530 g/mol. The maximum atomic E-state index is 15.1. The summed E-state index contributed by atoms with van der Waals surface area (Å²) in [5.41, 5.74) is 1.56. The molecule has 39 heteroatoms. The van der Waals surface area contributed by atoms with Crippen LogP contribution in [0.3, 0.4) is 0 Å². The van der Waals surface area contributed by atoms with Crippen LogP contribution >= 0.6 is 0 Å². The number of aliphatic hydroxyl groups excluding tert-OH is 7. The number of carboxylic acid groups (broad SMARTS) is 1. The van der Waals surface area contributed by atoms with E-state index in [1.54, 1.807) is 33.0 Å². The van der Waals surface area contributed by atoms with Gasteiger partial charge in [-0.1, -0.05) is 59.8 Å². The van der Waals surface area contributed by atoms with E-state index in [-0.39, 0.29) is 23.4 Å². The van der Waals surface area contributed by atoms with Gasteiger partial charge in [-0.2, -0.15) is 0 Å². The van der Waals surface area contributed by atoms with Crippen molar-refractivity contribution >= 4 is 88.2 Å². The molecule has 6 rings (SSSR count). The van der Waals surface area contributed by atoms with Crippen molar-refractivity contribution in [2.75, 3.05) is 39.9 Å². The highest BCUT2D eigenvalue weighted by atomic mass is 16.7. The zero-order valence-corrected chi connectivity index (χ0v) is 61.5. The Kier molecular flexibility index (Phi) is 31.2. The molecule has 11 unspecified atom stereocenters. The summed E-state index contributed by atoms with van der Waals surface area (Å²) in [5, 5.41) is 120. The van der Waals surface area contributed by atoms with Gasteiger partial charge < -0.3 is 124 Å². The van der Waals surface area contributed by atoms with E-state index < -0.39 is 281 Å². The van der Waals surface area contributed by atoms with Crippen LogP contribution in [-0.4, -0.2) is 265 Å². The van der Waals surface area contributed by atoms with E-state index in [4.69, 9.17) is 24.7 Å². The lowest BCUT2D eigenvalue weighted by Gasteiger charge is -2.38. The second-order valence-corrected chi connectivity index (χ2v) is 27.3. The second kappa shape index (κ2) is 38.1. The summed E-state index contributed by atoms with van der Waals surface area (Å²) in [5.74, 6) is -29.2. The number of Topliss-reactive ketones (excluding diaryl/α,β-unsaturated/α-hetero) is 4. The molecule has 1 aromatic rings. The van der Waals surface area contributed by atoms with Crippen LogP contribution in [0.1, 0.15) is 119 Å². The fraction of sp³-hybridized carbons (Fsp3) is 0.580. The molecule has 39 nitrogen and oxygen atoms in total. The average Bonchev–Trinajstić information content (AvgIpc) is 1.47. The highest BCUT2D eigenvalue weighted by molar-refractivity contribution is 6.32. The number of aromatic hydroxyl groups is 1. The van der Waals surface area contributed by atoms with Crippen LogP contribution in [0.2, 0.25) is 0 Å². The molecule has 20 atom stereocenters. The Hall–Kier alpha value is -10.1. The van der Waals surface area contributed by atoms with Gasteiger partial charge in [0.2, 0.25) is 53.1 Å². The minimum Gasteiger partial charge on any atom is -0.507 e. The summed E-state index contributed by atoms with van der Waals surface area (Å²) >= 11 is 0. The first kappa shape index (κ1) is 88.5. The summed E-state index contributed by atoms with van der Waals surface area (Å²) < 4.78 is 23.5. The van der Waals surface area contributed by atoms with Gasteiger partial charge in [0.15, 0.2) is 11.9 Å². The summed E-state index contributed by atoms with van der Waals surface area (Å²) in [6, 6.07) is -12.8. The van der Waals surface area contributed by atoms with Gasteiger partial charge in [-0.05, 0) is 39.7 Å². The van der Waals surface area contributed by atoms with E-state index in [0.29, 0.717) is 0 Å². The molecule has 9 amide bonds. The highest BCUT2D eigenvalue weighted by Gasteiger charge is 2.53. The zero-order chi connectivity index (χ0) is 81.6. The molecule has 1 aromatic carbocycles. The van der Waals surface area contributed by atoms with E-state index in [9.17, 15) is 113 Å². The number of allylic oxidation sites excluding steroid dienone is 4. The van der Waals surface area contributed by atoms with Gasteiger partial charge >= 0.3 is 17.7 Å². The number of ketones is 4. The third-order valence-corrected chi connectivity index (χ3v) is 19.0. The Balaban J connectivity index is 1.48. The second-order valence-electron chi connectivity index (χ2n) is 27.3. The third kappa shape index (κ3) is 21.0. The maximum Gasteiger partial charge on any atom is 0.336 e. The van der Waals surface area contributed by atoms with Crippen molar-refractivity contribution in [1.29, 1.82) is 0 Å². The summed E-state index contributed by atoms with van der Waals surface area (Å²) in [6.07, 6.45) is -8.30. The molecule has 21 N–H and O–H groups in total. The third-order valence-electron chi connectivity index (χ3n) is 19.0. The number of nitrogens with one attached hydrogen (secondary N) is 10. The number of β-amino-alcohol motifs (C(OH)–C–C–N with tert-alkyl or cyclic N) is 1. The number of hydrogen-bond acceptors (Lipinski definition) is 29. The fourth-order valence-corrected chi connectivity index (χ4v) is 12.2. The molecule has 5 bridgehead atoms. The number of ether oxygens (including phenoxy) is 4. The smallest absolute Gasteiger partial charge is 0.336 e. The molecule has 0 aromatic heterocycles. The van der Waals surface area contributed by atoms with Crippen LogP contribution < -0.4 is 63.6 Å². The molecule has 0 spiro atoms. The lowest BCUT2D eigenvalue weighted by molar-refractivity contribution is -0.160. The number of benzene rings is 1. The quantitative estimate of drug-likeness (QED) is 0.0392. The van der Waals surface area contributed by atoms with Gasteiger partial charge in [0.1, 0.15) is 65.4 Å². The number of hydrogen-bond donors (Lipinski definition) is 20. The van der Waals surface area contributed by atoms with Crippen molar-refractivity contribution in [1.82, 2.24) is 53.2 Å². The largest absolute Gasteiger partial charge is 0.507 e. The molecule has 5 aliphatic rings. The number of aliphatic carboxylic acids is 1. The topological polar surface area (TPSA) is 621 Å². The highest BCUT2D eigenvalue weighted by Crippen LogP contribution is 2.48. The number of phenols is 1. The molecule has 108 heavy (non-hydrogen) atoms. The fourth-order valence-electron chi connectivity index (χ4n) is 12.2. The summed E-state index contributed by atoms with van der Waals surface area (Å²) in [4.78, 5) is 206. The molecular formula is C69H97N11O28. The lowest BCUT2D eigenvalue weighted by Crippen LogP contribution is -2.64. The van der Waals surface area contributed by atoms with Crippen LogP contribution in [0.5, 0.6) is 11.5 Å². The van der Waals surface area contributed by atoms with E-state index >= 15 is 4.79 Å². The zero-order valence-electron chi connectivity index (χ0n) is 61.5. The molecular weight excluding hydrogens is 1430 g/mol. The molecule has 1 fully saturated rings. The van der Waals surface area contributed by atoms with Crippen LogP contribution in [0.15, 0.2) is 47.5 Å². The number of fused-ring (bicyclic) bond motifs is 14. The number of nitrogens with two attached hydrogens (primary N) is 1. The number of methoxy groups -OCH3 is 1. The SMILES string of the molecule is CO[C@H]1/C=C/O[C@@]2(C)Oc3c(C)c(O)c4c(c3C2=O)C(=O)C(NCCNC(C)C(=O)NCC2NC(=O)C(C(=O)O)NC(=O)C(O)CNC(=O)C(C(C)O)NC(=O)C(C(O)C(O)C(N)=O)NC(=O)C(C(C)C)CC(=O)C(CO)NC2=O)=C(NC(=O)/C(C)=C\C=C\[C@H](C)[C@H](O)[C@@H](C)[C@@H](O)[C@@H](C)[C@H](OC(C)=O)[C@@H]1C)C4=O. The Bertz CT molecular complexity index is 3800. The van der Waals surface area contributed by atoms with Crippen LogP contribution in [0.4, 0.5) is 0 Å². The summed E-state index contributed by atoms with van der Waals surface area (Å²) in [7, 11) is 1.33. The van der Waals surface area contributed by atoms with E-state index in [1.165, 1.54) is 79.9 Å². The van der Waals surface area contributed by atoms with Gasteiger partial charge in [-0.15, -0.1) is 0 Å². The van der Waals surface area contributed by atoms with E-state index in [0.717, 1.165) is 13.2 Å². The summed E-state index contributed by atoms with van der Waals surface area (Å²) in [6.45, 7) is 12.3. The van der Waals surface area contributed by atoms with Gasteiger partial charge in [0, 0.05) is 87.7 Å². The van der Waals surface area contributed by atoms with Crippen molar-refractivity contribution in [3.05, 3.63) is 69.8 Å². The maximum absolute atomic E-state index is 15.1. The number of aliphatic hydroxyl groups is 7. The van der Waals surface area contributed by atoms with Crippen LogP contribution in [-0.2, 0) is 71.7 Å². The number of amides is 9. The molecule has 1 saturated heterocycles. The molecule has 4 heterocycles. The Morgan fingerprint density at radius 3 is 1.96 bits per heavy atom. The Morgan fingerprint density at radius 2 is 1.38 bits per heavy atom. The van der Waals surface area contributed by atoms with Crippen molar-refractivity contribution in [2.45, 2.75) is 180 Å². The molecule has 0 radical (unpaired) electrons. The molecule has 4 aliphatic heterocycles. The minimum atomic E-state index is -2.71. The lowest BCUT2D eigenvalue weighted by atomic mass is 9.78. The van der Waals surface area contributed by atoms with Crippen LogP contribution in [0.25, 0.3) is 0 Å². The van der Waals surface area contributed by atoms with Crippen molar-refractivity contribution < 1.29 is 137 Å². The predicted octanol–water partition coefficient (Wildman–Crippen LogP) is -6.55. The number of primary amides is 1. The number of carboxylic acids is 1. The number of esters is 1. The molecule has 1 aliphatic carbocycles. The first-order valence-electron chi connectivity index (χ1n) is 34.4. The average molecular weight is 1530 g/mol. The Morgan fingerprint density at radius 1 is 0.750 bits per heavy atom. The van der Waals surface area contributed by atoms with E-state index in [2.05, 4.69) is 31.9 Å². The molecule has 596 valence electrons. The van der Waals surface area contributed by atoms with Crippen molar-refractivity contribution in [3.63, 3.8) is 0 Å². The number of carbonyl (C=O) groups is 15. The minimum absolute atomic E-state index is 0.0870. The van der Waals surface area contributed by atoms with Gasteiger partial charge in [-0.3, -0.25) is 67.1 Å². The first-order chi connectivity index (χ1) is 50.4. The standard InChI is InChI=1S/C69H97N11O28/c1-25(2)35-21-38(84)37(24-81)76-63(98)36(75-67(102)48(68(103)104)80-64(99)39(85)23-74-65(100)44(33(10)82)77-66(101)47(79-62(35)97)54(91)55(92)59(70)94)22-73-61(96)32(9)71-18-19-72-45-46-53(90)42-41(52(45)89)43-57(31(8)51(42)88)108-69(12,58(43)93)106-20-17-40(105-13)28(5)56(107-34(11)83)30(7)50(87)29(6)49(86)26(3)15-14-16-27(4)60(95)78-46/h14-17,20,25-26,28-30,32-33,35-37,39-40,44,47-50,54-56,71-72,81-82,85-88,91-92H,18-19,21-24H2,1-13H3,(H2,70,94)(H,73,96)(H,74,100)(H,75,102)(H,76,98)(H,77,101)(H,78,95)(H,79,97)(H,80,99)(H,103,104)/b15-14+,20-17+,27-16-/t26-,28+,29+,30+,32?,33?,35?,36?,37?,39?,40-,44?,47?,48?,49-,50+,54?,55?,56+,69-/m0/s1. The molecule has 0 saturated carbocycles. The number of phenolic OH excluding ortho intramolecular Hbond substituents is 1. The van der Waals surface area contributed by atoms with E-state index in [1.807, 2.05) is 16.0 Å². The predicted molar refractivity (Wildman–Crippen MR) is 371 cm³/mol. The normalized spacial score (nSPS) is 30.7. The Labute approximate surface area is 619 Å². The first-order valence-corrected chi connectivity index (χ1v) is 34.4.